The zero-order valence-electron chi connectivity index (χ0n) is 16.2. The van der Waals surface area contributed by atoms with Crippen LogP contribution in [0.2, 0.25) is 0 Å². The second-order valence-corrected chi connectivity index (χ2v) is 9.55. The minimum absolute atomic E-state index is 0.101. The van der Waals surface area contributed by atoms with Gasteiger partial charge >= 0.3 is 13.1 Å². The Kier molecular flexibility index (Phi) is 6.34. The van der Waals surface area contributed by atoms with E-state index in [-0.39, 0.29) is 24.6 Å². The Labute approximate surface area is 170 Å². The maximum atomic E-state index is 13.3. The number of carboxylic acids is 1. The fraction of sp³-hybridized carbons (Fsp3) is 0.588. The number of nitrogens with two attached hydrogens (primary N) is 1. The molecule has 2 fully saturated rings. The number of hydrogen-bond acceptors (Lipinski definition) is 7. The Balaban J connectivity index is 1.95. The van der Waals surface area contributed by atoms with Crippen LogP contribution in [0.3, 0.4) is 0 Å². The van der Waals surface area contributed by atoms with Gasteiger partial charge < -0.3 is 26.2 Å². The number of aliphatic carboxylic acids is 1. The molecular formula is C17H27BN4O6S. The van der Waals surface area contributed by atoms with Crippen molar-refractivity contribution in [2.24, 2.45) is 5.73 Å². The number of benzene rings is 1. The predicted molar refractivity (Wildman–Crippen MR) is 108 cm³/mol. The molecule has 1 aromatic rings. The van der Waals surface area contributed by atoms with Gasteiger partial charge in [0.25, 0.3) is 10.2 Å². The maximum absolute atomic E-state index is 13.3. The van der Waals surface area contributed by atoms with Gasteiger partial charge in [0.2, 0.25) is 0 Å². The van der Waals surface area contributed by atoms with E-state index in [1.165, 1.54) is 16.4 Å². The van der Waals surface area contributed by atoms with Crippen LogP contribution in [0.4, 0.5) is 0 Å². The summed E-state index contributed by atoms with van der Waals surface area (Å²) in [5.74, 6) is -2.14. The maximum Gasteiger partial charge on any atom is 0.488 e. The van der Waals surface area contributed by atoms with Gasteiger partial charge in [-0.3, -0.25) is 4.79 Å². The van der Waals surface area contributed by atoms with Crippen molar-refractivity contribution < 1.29 is 28.4 Å². The van der Waals surface area contributed by atoms with E-state index in [2.05, 4.69) is 5.32 Å². The zero-order valence-corrected chi connectivity index (χ0v) is 17.0. The fourth-order valence-corrected chi connectivity index (χ4v) is 5.85. The second kappa shape index (κ2) is 8.30. The van der Waals surface area contributed by atoms with Crippen molar-refractivity contribution in [3.8, 4) is 0 Å². The molecule has 29 heavy (non-hydrogen) atoms. The Bertz CT molecular complexity index is 865. The zero-order chi connectivity index (χ0) is 21.4. The van der Waals surface area contributed by atoms with E-state index >= 15 is 0 Å². The molecule has 10 nitrogen and oxygen atoms in total. The summed E-state index contributed by atoms with van der Waals surface area (Å²) in [6, 6.07) is 5.96. The summed E-state index contributed by atoms with van der Waals surface area (Å²) < 4.78 is 29.2. The highest BCUT2D eigenvalue weighted by Crippen LogP contribution is 2.37. The monoisotopic (exact) mass is 426 g/mol. The minimum atomic E-state index is -3.91. The summed E-state index contributed by atoms with van der Waals surface area (Å²) >= 11 is 0. The van der Waals surface area contributed by atoms with Crippen molar-refractivity contribution in [3.63, 3.8) is 0 Å². The number of rotatable bonds is 8. The molecule has 6 N–H and O–H groups in total. The second-order valence-electron chi connectivity index (χ2n) is 7.66. The lowest BCUT2D eigenvalue weighted by Gasteiger charge is -2.39. The van der Waals surface area contributed by atoms with Crippen LogP contribution in [0.1, 0.15) is 24.8 Å². The van der Waals surface area contributed by atoms with Gasteiger partial charge in [-0.25, -0.2) is 0 Å². The molecule has 160 valence electrons. The number of carboxylic acid groups (broad SMARTS) is 1. The number of carbonyl (C=O) groups is 1. The van der Waals surface area contributed by atoms with Crippen molar-refractivity contribution >= 4 is 28.8 Å². The molecule has 2 aliphatic rings. The summed E-state index contributed by atoms with van der Waals surface area (Å²) in [6.07, 6.45) is 0.635. The largest absolute Gasteiger partial charge is 0.488 e. The molecule has 0 bridgehead atoms. The number of nitrogens with one attached hydrogen (secondary N) is 1. The molecule has 0 amide bonds. The van der Waals surface area contributed by atoms with Crippen LogP contribution in [0.15, 0.2) is 24.3 Å². The highest BCUT2D eigenvalue weighted by Gasteiger charge is 2.54. The highest BCUT2D eigenvalue weighted by atomic mass is 32.2. The lowest BCUT2D eigenvalue weighted by molar-refractivity contribution is -0.143. The minimum Gasteiger partial charge on any atom is -0.480 e. The third-order valence-corrected chi connectivity index (χ3v) is 7.69. The van der Waals surface area contributed by atoms with E-state index in [4.69, 9.17) is 5.73 Å². The normalized spacial score (nSPS) is 25.9. The third kappa shape index (κ3) is 4.06. The van der Waals surface area contributed by atoms with Crippen LogP contribution in [0, 0.1) is 0 Å². The molecule has 0 spiro atoms. The molecule has 12 heteroatoms. The van der Waals surface area contributed by atoms with Crippen molar-refractivity contribution in [1.82, 2.24) is 13.9 Å². The van der Waals surface area contributed by atoms with Crippen molar-refractivity contribution in [2.45, 2.75) is 30.8 Å². The smallest absolute Gasteiger partial charge is 0.480 e. The summed E-state index contributed by atoms with van der Waals surface area (Å²) in [7, 11) is -5.63. The van der Waals surface area contributed by atoms with Crippen LogP contribution < -0.4 is 16.5 Å². The van der Waals surface area contributed by atoms with Crippen LogP contribution in [-0.2, 0) is 15.0 Å². The fourth-order valence-electron chi connectivity index (χ4n) is 3.90. The third-order valence-electron chi connectivity index (χ3n) is 5.69. The molecule has 0 aliphatic carbocycles. The molecule has 2 heterocycles. The van der Waals surface area contributed by atoms with Crippen molar-refractivity contribution in [3.05, 3.63) is 29.8 Å². The molecule has 2 aliphatic heterocycles. The quantitative estimate of drug-likeness (QED) is 0.285. The average molecular weight is 426 g/mol. The predicted octanol–water partition coefficient (Wildman–Crippen LogP) is -2.52. The van der Waals surface area contributed by atoms with Gasteiger partial charge in [0.15, 0.2) is 0 Å². The molecule has 0 aromatic heterocycles. The Hall–Kier alpha value is -1.54. The standard InChI is InChI=1S/C17H27BN4O6S/c1-2-6-22(14-8-20-9-14)29(27,28)21-10-15(17(19,11-21)16(23)24)12-4-3-5-13(7-12)18(25)26/h3-5,7,14-15,20,25-26H,2,6,8-11,19H2,1H3,(H,23,24)/t15-,17+/m1/s1. The van der Waals surface area contributed by atoms with Crippen LogP contribution >= 0.6 is 0 Å². The average Bonchev–Trinajstić information content (AvgIpc) is 3.00. The lowest BCUT2D eigenvalue weighted by atomic mass is 9.76. The first-order valence-corrected chi connectivity index (χ1v) is 11.0. The topological polar surface area (TPSA) is 156 Å². The summed E-state index contributed by atoms with van der Waals surface area (Å²) in [5, 5.41) is 31.7. The van der Waals surface area contributed by atoms with E-state index in [1.807, 2.05) is 6.92 Å². The van der Waals surface area contributed by atoms with Gasteiger partial charge in [0, 0.05) is 38.6 Å². The number of nitrogens with zero attached hydrogens (tertiary/aromatic N) is 2. The molecular weight excluding hydrogens is 399 g/mol. The first-order chi connectivity index (χ1) is 13.6. The van der Waals surface area contributed by atoms with Gasteiger partial charge in [-0.15, -0.1) is 0 Å². The highest BCUT2D eigenvalue weighted by molar-refractivity contribution is 7.86. The molecule has 0 unspecified atom stereocenters. The van der Waals surface area contributed by atoms with E-state index in [0.717, 1.165) is 4.31 Å². The SMILES string of the molecule is CCCN(C1CNC1)S(=O)(=O)N1C[C@H](c2cccc(B(O)O)c2)[C@](N)(C(=O)O)C1. The van der Waals surface area contributed by atoms with E-state index in [0.29, 0.717) is 31.6 Å². The van der Waals surface area contributed by atoms with E-state index in [1.54, 1.807) is 12.1 Å². The molecule has 2 saturated heterocycles. The van der Waals surface area contributed by atoms with Gasteiger partial charge in [0.05, 0.1) is 6.04 Å². The Morgan fingerprint density at radius 2 is 2.10 bits per heavy atom. The molecule has 3 rings (SSSR count). The van der Waals surface area contributed by atoms with Crippen molar-refractivity contribution in [1.29, 1.82) is 0 Å². The van der Waals surface area contributed by atoms with Crippen LogP contribution in [-0.4, -0.2) is 89.6 Å². The molecule has 0 saturated carbocycles. The van der Waals surface area contributed by atoms with Gasteiger partial charge in [0.1, 0.15) is 5.54 Å². The van der Waals surface area contributed by atoms with Gasteiger partial charge in [-0.05, 0) is 17.4 Å². The van der Waals surface area contributed by atoms with E-state index < -0.39 is 34.8 Å². The molecule has 1 aromatic carbocycles. The first kappa shape index (κ1) is 22.2. The van der Waals surface area contributed by atoms with E-state index in [9.17, 15) is 28.4 Å². The number of hydrogen-bond donors (Lipinski definition) is 5. The first-order valence-electron chi connectivity index (χ1n) is 9.57. The summed E-state index contributed by atoms with van der Waals surface area (Å²) in [4.78, 5) is 12.0. The van der Waals surface area contributed by atoms with Crippen molar-refractivity contribution in [2.75, 3.05) is 32.7 Å². The van der Waals surface area contributed by atoms with Gasteiger partial charge in [-0.1, -0.05) is 31.2 Å². The van der Waals surface area contributed by atoms with Crippen LogP contribution in [0.25, 0.3) is 0 Å². The molecule has 0 radical (unpaired) electrons. The Morgan fingerprint density at radius 1 is 1.41 bits per heavy atom. The van der Waals surface area contributed by atoms with Gasteiger partial charge in [-0.2, -0.15) is 17.0 Å². The summed E-state index contributed by atoms with van der Waals surface area (Å²) in [6.45, 7) is 2.88. The Morgan fingerprint density at radius 3 is 2.62 bits per heavy atom. The molecule has 2 atom stereocenters. The lowest BCUT2D eigenvalue weighted by Crippen LogP contribution is -2.61. The van der Waals surface area contributed by atoms with Crippen LogP contribution in [0.5, 0.6) is 0 Å². The summed E-state index contributed by atoms with van der Waals surface area (Å²) in [5.41, 5.74) is 5.03.